The second-order valence-electron chi connectivity index (χ2n) is 6.15. The summed E-state index contributed by atoms with van der Waals surface area (Å²) in [4.78, 5) is 22.7. The van der Waals surface area contributed by atoms with Crippen LogP contribution in [0.5, 0.6) is 0 Å². The van der Waals surface area contributed by atoms with Crippen LogP contribution in [0.2, 0.25) is 0 Å². The van der Waals surface area contributed by atoms with Gasteiger partial charge in [-0.15, -0.1) is 11.3 Å². The molecule has 0 spiro atoms. The maximum atomic E-state index is 12.6. The number of anilines is 1. The maximum absolute atomic E-state index is 12.6. The van der Waals surface area contributed by atoms with Crippen molar-refractivity contribution in [3.05, 3.63) is 40.4 Å². The van der Waals surface area contributed by atoms with Crippen molar-refractivity contribution in [2.24, 2.45) is 0 Å². The lowest BCUT2D eigenvalue weighted by Crippen LogP contribution is -2.35. The molecule has 0 unspecified atom stereocenters. The largest absolute Gasteiger partial charge is 0.465 e. The third-order valence-corrected chi connectivity index (χ3v) is 5.15. The maximum Gasteiger partial charge on any atom is 0.262 e. The lowest BCUT2D eigenvalue weighted by Gasteiger charge is -2.12. The van der Waals surface area contributed by atoms with Gasteiger partial charge in [0.2, 0.25) is 0 Å². The average molecular weight is 374 g/mol. The molecule has 0 aliphatic rings. The van der Waals surface area contributed by atoms with Gasteiger partial charge in [0.25, 0.3) is 5.91 Å². The number of thiophene rings is 1. The first-order chi connectivity index (χ1) is 12.5. The summed E-state index contributed by atoms with van der Waals surface area (Å²) in [5.74, 6) is 2.27. The number of aromatic nitrogens is 2. The molecular formula is C18H22N4O3S. The van der Waals surface area contributed by atoms with E-state index in [4.69, 9.17) is 9.15 Å². The summed E-state index contributed by atoms with van der Waals surface area (Å²) in [6.45, 7) is 6.71. The highest BCUT2D eigenvalue weighted by Gasteiger charge is 2.20. The molecular weight excluding hydrogens is 352 g/mol. The van der Waals surface area contributed by atoms with E-state index in [0.717, 1.165) is 27.3 Å². The molecule has 3 heterocycles. The van der Waals surface area contributed by atoms with E-state index < -0.39 is 0 Å². The van der Waals surface area contributed by atoms with Crippen LogP contribution in [-0.4, -0.2) is 35.6 Å². The quantitative estimate of drug-likeness (QED) is 0.660. The third kappa shape index (κ3) is 3.86. The van der Waals surface area contributed by atoms with Gasteiger partial charge in [0.15, 0.2) is 0 Å². The molecule has 26 heavy (non-hydrogen) atoms. The molecule has 0 aromatic carbocycles. The molecule has 3 rings (SSSR count). The second kappa shape index (κ2) is 7.84. The molecule has 1 atom stereocenters. The smallest absolute Gasteiger partial charge is 0.262 e. The van der Waals surface area contributed by atoms with Gasteiger partial charge in [-0.3, -0.25) is 4.79 Å². The normalized spacial score (nSPS) is 12.3. The lowest BCUT2D eigenvalue weighted by atomic mass is 10.2. The minimum absolute atomic E-state index is 0.0667. The fourth-order valence-electron chi connectivity index (χ4n) is 2.75. The number of nitrogens with zero attached hydrogens (tertiary/aromatic N) is 2. The van der Waals surface area contributed by atoms with Crippen molar-refractivity contribution in [3.8, 4) is 0 Å². The number of carbonyl (C=O) groups is 1. The molecule has 0 fully saturated rings. The SMILES string of the molecule is COC[C@@H](C)NC(=O)c1sc2ncnc(NCc3ccc(C)o3)c2c1C. The van der Waals surface area contributed by atoms with E-state index in [9.17, 15) is 4.79 Å². The van der Waals surface area contributed by atoms with Gasteiger partial charge in [0.1, 0.15) is 28.5 Å². The first-order valence-electron chi connectivity index (χ1n) is 8.32. The monoisotopic (exact) mass is 374 g/mol. The van der Waals surface area contributed by atoms with Crippen molar-refractivity contribution in [2.45, 2.75) is 33.4 Å². The fourth-order valence-corrected chi connectivity index (χ4v) is 3.81. The number of nitrogens with one attached hydrogen (secondary N) is 2. The Balaban J connectivity index is 1.85. The first kappa shape index (κ1) is 18.3. The molecule has 1 amide bonds. The summed E-state index contributed by atoms with van der Waals surface area (Å²) in [6, 6.07) is 3.78. The molecule has 0 radical (unpaired) electrons. The van der Waals surface area contributed by atoms with Gasteiger partial charge in [0.05, 0.1) is 23.4 Å². The van der Waals surface area contributed by atoms with Crippen molar-refractivity contribution in [3.63, 3.8) is 0 Å². The van der Waals surface area contributed by atoms with Crippen LogP contribution in [0.15, 0.2) is 22.9 Å². The molecule has 0 aliphatic heterocycles. The number of ether oxygens (including phenoxy) is 1. The molecule has 8 heteroatoms. The van der Waals surface area contributed by atoms with Gasteiger partial charge in [-0.25, -0.2) is 9.97 Å². The van der Waals surface area contributed by atoms with Crippen LogP contribution in [0.1, 0.15) is 33.7 Å². The molecule has 0 aliphatic carbocycles. The molecule has 7 nitrogen and oxygen atoms in total. The number of carbonyl (C=O) groups excluding carboxylic acids is 1. The van der Waals surface area contributed by atoms with Crippen molar-refractivity contribution < 1.29 is 13.9 Å². The summed E-state index contributed by atoms with van der Waals surface area (Å²) in [5, 5.41) is 7.09. The number of hydrogen-bond acceptors (Lipinski definition) is 7. The summed E-state index contributed by atoms with van der Waals surface area (Å²) in [6.07, 6.45) is 1.50. The van der Waals surface area contributed by atoms with E-state index in [-0.39, 0.29) is 11.9 Å². The van der Waals surface area contributed by atoms with E-state index in [1.807, 2.05) is 32.9 Å². The van der Waals surface area contributed by atoms with Gasteiger partial charge in [0, 0.05) is 13.2 Å². The van der Waals surface area contributed by atoms with E-state index in [1.165, 1.54) is 17.7 Å². The third-order valence-electron chi connectivity index (χ3n) is 3.95. The highest BCUT2D eigenvalue weighted by molar-refractivity contribution is 7.20. The van der Waals surface area contributed by atoms with Crippen LogP contribution in [-0.2, 0) is 11.3 Å². The van der Waals surface area contributed by atoms with Crippen molar-refractivity contribution in [2.75, 3.05) is 19.0 Å². The van der Waals surface area contributed by atoms with Gasteiger partial charge >= 0.3 is 0 Å². The summed E-state index contributed by atoms with van der Waals surface area (Å²) in [7, 11) is 1.61. The second-order valence-corrected chi connectivity index (χ2v) is 7.15. The Hall–Kier alpha value is -2.45. The predicted molar refractivity (Wildman–Crippen MR) is 102 cm³/mol. The number of methoxy groups -OCH3 is 1. The zero-order valence-corrected chi connectivity index (χ0v) is 16.1. The highest BCUT2D eigenvalue weighted by Crippen LogP contribution is 2.33. The lowest BCUT2D eigenvalue weighted by molar-refractivity contribution is 0.0909. The summed E-state index contributed by atoms with van der Waals surface area (Å²) in [5.41, 5.74) is 0.867. The van der Waals surface area contributed by atoms with E-state index in [0.29, 0.717) is 23.8 Å². The van der Waals surface area contributed by atoms with E-state index >= 15 is 0 Å². The average Bonchev–Trinajstić information content (AvgIpc) is 3.17. The van der Waals surface area contributed by atoms with Crippen LogP contribution >= 0.6 is 11.3 Å². The molecule has 138 valence electrons. The number of amides is 1. The van der Waals surface area contributed by atoms with Gasteiger partial charge in [-0.05, 0) is 38.5 Å². The topological polar surface area (TPSA) is 89.3 Å². The summed E-state index contributed by atoms with van der Waals surface area (Å²) < 4.78 is 10.7. The molecule has 3 aromatic heterocycles. The van der Waals surface area contributed by atoms with Gasteiger partial charge in [-0.2, -0.15) is 0 Å². The number of rotatable bonds is 7. The highest BCUT2D eigenvalue weighted by atomic mass is 32.1. The van der Waals surface area contributed by atoms with Crippen molar-refractivity contribution in [1.29, 1.82) is 0 Å². The molecule has 2 N–H and O–H groups in total. The Morgan fingerprint density at radius 3 is 2.85 bits per heavy atom. The number of hydrogen-bond donors (Lipinski definition) is 2. The Kier molecular flexibility index (Phi) is 5.53. The Labute approximate surface area is 155 Å². The van der Waals surface area contributed by atoms with Crippen LogP contribution in [0.4, 0.5) is 5.82 Å². The fraction of sp³-hybridized carbons (Fsp3) is 0.389. The molecule has 0 saturated carbocycles. The predicted octanol–water partition coefficient (Wildman–Crippen LogP) is 3.28. The Bertz CT molecular complexity index is 918. The number of fused-ring (bicyclic) bond motifs is 1. The van der Waals surface area contributed by atoms with Crippen molar-refractivity contribution in [1.82, 2.24) is 15.3 Å². The zero-order valence-electron chi connectivity index (χ0n) is 15.3. The van der Waals surface area contributed by atoms with Crippen LogP contribution in [0, 0.1) is 13.8 Å². The minimum Gasteiger partial charge on any atom is -0.465 e. The molecule has 0 saturated heterocycles. The van der Waals surface area contributed by atoms with E-state index in [2.05, 4.69) is 20.6 Å². The molecule has 3 aromatic rings. The van der Waals surface area contributed by atoms with Crippen LogP contribution < -0.4 is 10.6 Å². The number of aryl methyl sites for hydroxylation is 2. The molecule has 0 bridgehead atoms. The zero-order chi connectivity index (χ0) is 18.7. The first-order valence-corrected chi connectivity index (χ1v) is 9.14. The number of furan rings is 1. The Morgan fingerprint density at radius 1 is 1.35 bits per heavy atom. The Morgan fingerprint density at radius 2 is 2.15 bits per heavy atom. The standard InChI is InChI=1S/C18H22N4O3S/c1-10(8-24-4)22-17(23)15-12(3)14-16(20-9-21-18(14)26-15)19-7-13-6-5-11(2)25-13/h5-6,9-10H,7-8H2,1-4H3,(H,22,23)(H,19,20,21)/t10-/m1/s1. The van der Waals surface area contributed by atoms with Gasteiger partial charge in [-0.1, -0.05) is 0 Å². The van der Waals surface area contributed by atoms with E-state index in [1.54, 1.807) is 7.11 Å². The van der Waals surface area contributed by atoms with Crippen LogP contribution in [0.25, 0.3) is 10.2 Å². The minimum atomic E-state index is -0.123. The summed E-state index contributed by atoms with van der Waals surface area (Å²) >= 11 is 1.36. The van der Waals surface area contributed by atoms with Crippen LogP contribution in [0.3, 0.4) is 0 Å². The van der Waals surface area contributed by atoms with Crippen molar-refractivity contribution >= 4 is 33.3 Å². The van der Waals surface area contributed by atoms with Gasteiger partial charge < -0.3 is 19.8 Å².